The van der Waals surface area contributed by atoms with E-state index in [2.05, 4.69) is 15.6 Å². The SMILES string of the molecule is C1CNNC1.O=COc1ccccc1. The zero-order chi connectivity index (χ0) is 10.1. The van der Waals surface area contributed by atoms with Gasteiger partial charge in [-0.2, -0.15) is 0 Å². The third kappa shape index (κ3) is 4.59. The van der Waals surface area contributed by atoms with E-state index in [1.807, 2.05) is 6.07 Å². The molecule has 1 saturated heterocycles. The fourth-order valence-corrected chi connectivity index (χ4v) is 0.997. The lowest BCUT2D eigenvalue weighted by Gasteiger charge is -1.92. The summed E-state index contributed by atoms with van der Waals surface area (Å²) in [5.74, 6) is 0.576. The van der Waals surface area contributed by atoms with Crippen LogP contribution in [0.4, 0.5) is 0 Å². The Morgan fingerprint density at radius 1 is 1.14 bits per heavy atom. The Bertz CT molecular complexity index is 240. The lowest BCUT2D eigenvalue weighted by atomic mass is 10.3. The van der Waals surface area contributed by atoms with E-state index in [4.69, 9.17) is 0 Å². The van der Waals surface area contributed by atoms with Gasteiger partial charge in [0.25, 0.3) is 6.47 Å². The normalized spacial score (nSPS) is 14.0. The molecule has 0 saturated carbocycles. The highest BCUT2D eigenvalue weighted by Gasteiger charge is 1.91. The van der Waals surface area contributed by atoms with Crippen molar-refractivity contribution in [1.82, 2.24) is 10.9 Å². The molecule has 1 aromatic rings. The van der Waals surface area contributed by atoms with Crippen molar-refractivity contribution in [2.24, 2.45) is 0 Å². The molecule has 1 aliphatic heterocycles. The van der Waals surface area contributed by atoms with Crippen LogP contribution in [0.3, 0.4) is 0 Å². The first-order valence-corrected chi connectivity index (χ1v) is 4.54. The second-order valence-electron chi connectivity index (χ2n) is 2.73. The average molecular weight is 194 g/mol. The maximum Gasteiger partial charge on any atom is 0.298 e. The summed E-state index contributed by atoms with van der Waals surface area (Å²) in [4.78, 5) is 9.75. The number of benzene rings is 1. The largest absolute Gasteiger partial charge is 0.429 e. The van der Waals surface area contributed by atoms with E-state index in [-0.39, 0.29) is 0 Å². The van der Waals surface area contributed by atoms with Crippen molar-refractivity contribution >= 4 is 6.47 Å². The Morgan fingerprint density at radius 3 is 2.21 bits per heavy atom. The third-order valence-corrected chi connectivity index (χ3v) is 1.66. The van der Waals surface area contributed by atoms with Crippen LogP contribution in [0.5, 0.6) is 5.75 Å². The molecule has 0 amide bonds. The molecular weight excluding hydrogens is 180 g/mol. The van der Waals surface area contributed by atoms with Gasteiger partial charge in [0.15, 0.2) is 0 Å². The molecule has 4 heteroatoms. The van der Waals surface area contributed by atoms with Crippen LogP contribution >= 0.6 is 0 Å². The highest BCUT2D eigenvalue weighted by Crippen LogP contribution is 2.05. The molecule has 1 aliphatic rings. The first-order valence-electron chi connectivity index (χ1n) is 4.54. The summed E-state index contributed by atoms with van der Waals surface area (Å²) in [5, 5.41) is 0. The summed E-state index contributed by atoms with van der Waals surface area (Å²) in [6, 6.07) is 8.90. The van der Waals surface area contributed by atoms with E-state index < -0.39 is 0 Å². The fraction of sp³-hybridized carbons (Fsp3) is 0.300. The van der Waals surface area contributed by atoms with E-state index in [1.165, 1.54) is 6.42 Å². The van der Waals surface area contributed by atoms with Gasteiger partial charge in [-0.25, -0.2) is 0 Å². The van der Waals surface area contributed by atoms with Gasteiger partial charge in [0, 0.05) is 13.1 Å². The van der Waals surface area contributed by atoms with Crippen molar-refractivity contribution < 1.29 is 9.53 Å². The molecule has 1 heterocycles. The van der Waals surface area contributed by atoms with E-state index >= 15 is 0 Å². The summed E-state index contributed by atoms with van der Waals surface area (Å²) < 4.78 is 4.53. The molecule has 14 heavy (non-hydrogen) atoms. The lowest BCUT2D eigenvalue weighted by Crippen LogP contribution is -2.21. The van der Waals surface area contributed by atoms with Crippen molar-refractivity contribution in [3.05, 3.63) is 30.3 Å². The Labute approximate surface area is 83.2 Å². The predicted octanol–water partition coefficient (Wildman–Crippen LogP) is 0.706. The summed E-state index contributed by atoms with van der Waals surface area (Å²) >= 11 is 0. The van der Waals surface area contributed by atoms with Crippen LogP contribution < -0.4 is 15.6 Å². The number of hydrogen-bond donors (Lipinski definition) is 2. The molecule has 0 aromatic heterocycles. The summed E-state index contributed by atoms with van der Waals surface area (Å²) in [5.41, 5.74) is 5.94. The lowest BCUT2D eigenvalue weighted by molar-refractivity contribution is -0.120. The number of carbonyl (C=O) groups is 1. The number of hydrazine groups is 1. The van der Waals surface area contributed by atoms with Crippen LogP contribution in [0, 0.1) is 0 Å². The minimum atomic E-state index is 0.412. The van der Waals surface area contributed by atoms with Crippen molar-refractivity contribution in [1.29, 1.82) is 0 Å². The number of hydrogen-bond acceptors (Lipinski definition) is 4. The summed E-state index contributed by atoms with van der Waals surface area (Å²) in [6.07, 6.45) is 1.28. The van der Waals surface area contributed by atoms with Gasteiger partial charge < -0.3 is 4.74 Å². The van der Waals surface area contributed by atoms with E-state index in [0.717, 1.165) is 13.1 Å². The van der Waals surface area contributed by atoms with Crippen LogP contribution in [0.25, 0.3) is 0 Å². The molecule has 0 bridgehead atoms. The summed E-state index contributed by atoms with van der Waals surface area (Å²) in [7, 11) is 0. The average Bonchev–Trinajstić information content (AvgIpc) is 2.78. The maximum atomic E-state index is 9.75. The zero-order valence-electron chi connectivity index (χ0n) is 7.90. The van der Waals surface area contributed by atoms with Crippen molar-refractivity contribution in [3.8, 4) is 5.75 Å². The number of rotatable bonds is 2. The second-order valence-corrected chi connectivity index (χ2v) is 2.73. The van der Waals surface area contributed by atoms with Crippen LogP contribution in [-0.2, 0) is 4.79 Å². The summed E-state index contributed by atoms with van der Waals surface area (Å²) in [6.45, 7) is 2.69. The van der Waals surface area contributed by atoms with Gasteiger partial charge >= 0.3 is 0 Å². The molecule has 0 spiro atoms. The molecule has 2 rings (SSSR count). The molecule has 0 aliphatic carbocycles. The smallest absolute Gasteiger partial charge is 0.298 e. The van der Waals surface area contributed by atoms with Crippen molar-refractivity contribution in [3.63, 3.8) is 0 Å². The van der Waals surface area contributed by atoms with Gasteiger partial charge in [-0.3, -0.25) is 15.6 Å². The molecule has 0 unspecified atom stereocenters. The van der Waals surface area contributed by atoms with Gasteiger partial charge in [0.2, 0.25) is 0 Å². The monoisotopic (exact) mass is 194 g/mol. The van der Waals surface area contributed by atoms with Gasteiger partial charge in [-0.1, -0.05) is 18.2 Å². The molecular formula is C10H14N2O2. The van der Waals surface area contributed by atoms with Crippen molar-refractivity contribution in [2.45, 2.75) is 6.42 Å². The molecule has 2 N–H and O–H groups in total. The Morgan fingerprint density at radius 2 is 1.79 bits per heavy atom. The Balaban J connectivity index is 0.000000165. The van der Waals surface area contributed by atoms with E-state index in [1.54, 1.807) is 24.3 Å². The second kappa shape index (κ2) is 7.06. The highest BCUT2D eigenvalue weighted by atomic mass is 16.5. The number of para-hydroxylation sites is 1. The number of ether oxygens (including phenoxy) is 1. The molecule has 0 radical (unpaired) electrons. The van der Waals surface area contributed by atoms with Crippen molar-refractivity contribution in [2.75, 3.05) is 13.1 Å². The number of nitrogens with one attached hydrogen (secondary N) is 2. The van der Waals surface area contributed by atoms with Gasteiger partial charge in [0.1, 0.15) is 5.75 Å². The Hall–Kier alpha value is -1.39. The maximum absolute atomic E-state index is 9.75. The first-order chi connectivity index (χ1) is 6.93. The van der Waals surface area contributed by atoms with E-state index in [9.17, 15) is 4.79 Å². The van der Waals surface area contributed by atoms with Crippen LogP contribution in [0.1, 0.15) is 6.42 Å². The molecule has 4 nitrogen and oxygen atoms in total. The Kier molecular flexibility index (Phi) is 5.39. The van der Waals surface area contributed by atoms with E-state index in [0.29, 0.717) is 12.2 Å². The number of carbonyl (C=O) groups excluding carboxylic acids is 1. The van der Waals surface area contributed by atoms with Gasteiger partial charge in [-0.05, 0) is 18.6 Å². The highest BCUT2D eigenvalue weighted by molar-refractivity contribution is 5.44. The predicted molar refractivity (Wildman–Crippen MR) is 53.8 cm³/mol. The quantitative estimate of drug-likeness (QED) is 0.681. The van der Waals surface area contributed by atoms with Crippen LogP contribution in [0.2, 0.25) is 0 Å². The zero-order valence-corrected chi connectivity index (χ0v) is 7.90. The topological polar surface area (TPSA) is 50.4 Å². The molecule has 1 fully saturated rings. The molecule has 0 atom stereocenters. The first kappa shape index (κ1) is 10.7. The van der Waals surface area contributed by atoms with Gasteiger partial charge in [0.05, 0.1) is 0 Å². The molecule has 76 valence electrons. The fourth-order valence-electron chi connectivity index (χ4n) is 0.997. The van der Waals surface area contributed by atoms with Crippen LogP contribution in [-0.4, -0.2) is 19.6 Å². The minimum Gasteiger partial charge on any atom is -0.429 e. The minimum absolute atomic E-state index is 0.412. The third-order valence-electron chi connectivity index (χ3n) is 1.66. The van der Waals surface area contributed by atoms with Gasteiger partial charge in [-0.15, -0.1) is 0 Å². The van der Waals surface area contributed by atoms with Crippen LogP contribution in [0.15, 0.2) is 30.3 Å². The molecule has 1 aromatic carbocycles. The standard InChI is InChI=1S/C7H6O2.C3H8N2/c8-6-9-7-4-2-1-3-5-7;1-2-4-5-3-1/h1-6H;4-5H,1-3H2.